The number of anilines is 1. The Balaban J connectivity index is 1.80. The zero-order valence-corrected chi connectivity index (χ0v) is 12.4. The average molecular weight is 288 g/mol. The van der Waals surface area contributed by atoms with E-state index in [2.05, 4.69) is 25.0 Å². The molecule has 7 heteroatoms. The van der Waals surface area contributed by atoms with E-state index in [0.717, 1.165) is 31.7 Å². The third-order valence-corrected chi connectivity index (χ3v) is 3.50. The van der Waals surface area contributed by atoms with Crippen molar-refractivity contribution in [3.05, 3.63) is 25.0 Å². The molecular formula is C14H20N6O. The topological polar surface area (TPSA) is 69.0 Å². The monoisotopic (exact) mass is 288 g/mol. The average Bonchev–Trinajstić information content (AvgIpc) is 3.02. The van der Waals surface area contributed by atoms with Gasteiger partial charge in [-0.25, -0.2) is 19.6 Å². The molecule has 1 atom stereocenters. The molecule has 1 saturated heterocycles. The molecule has 112 valence electrons. The van der Waals surface area contributed by atoms with Crippen LogP contribution in [0.15, 0.2) is 25.0 Å². The summed E-state index contributed by atoms with van der Waals surface area (Å²) < 4.78 is 7.70. The molecule has 2 aromatic heterocycles. The fourth-order valence-electron chi connectivity index (χ4n) is 2.61. The highest BCUT2D eigenvalue weighted by Crippen LogP contribution is 2.29. The first-order valence-corrected chi connectivity index (χ1v) is 7.31. The van der Waals surface area contributed by atoms with Gasteiger partial charge in [0, 0.05) is 25.5 Å². The van der Waals surface area contributed by atoms with Crippen molar-refractivity contribution in [1.82, 2.24) is 24.7 Å². The molecule has 0 N–H and O–H groups in total. The number of piperidine rings is 1. The molecule has 0 saturated carbocycles. The summed E-state index contributed by atoms with van der Waals surface area (Å²) in [6, 6.07) is 0.315. The van der Waals surface area contributed by atoms with E-state index in [1.165, 1.54) is 0 Å². The van der Waals surface area contributed by atoms with Crippen LogP contribution >= 0.6 is 0 Å². The lowest BCUT2D eigenvalue weighted by molar-refractivity contribution is 0.231. The molecule has 0 bridgehead atoms. The van der Waals surface area contributed by atoms with Crippen LogP contribution in [-0.4, -0.2) is 43.9 Å². The van der Waals surface area contributed by atoms with Crippen molar-refractivity contribution < 1.29 is 4.74 Å². The largest absolute Gasteiger partial charge is 0.472 e. The molecule has 1 fully saturated rings. The molecular weight excluding hydrogens is 268 g/mol. The summed E-state index contributed by atoms with van der Waals surface area (Å²) in [4.78, 5) is 15.0. The SMILES string of the molecule is CC(C)Oc1nccnc1N1CCCC(n2cncn2)C1. The molecule has 0 spiro atoms. The number of aromatic nitrogens is 5. The van der Waals surface area contributed by atoms with E-state index in [4.69, 9.17) is 4.74 Å². The van der Waals surface area contributed by atoms with Crippen LogP contribution < -0.4 is 9.64 Å². The Morgan fingerprint density at radius 3 is 2.90 bits per heavy atom. The van der Waals surface area contributed by atoms with Gasteiger partial charge in [-0.1, -0.05) is 0 Å². The third-order valence-electron chi connectivity index (χ3n) is 3.50. The van der Waals surface area contributed by atoms with Crippen LogP contribution in [-0.2, 0) is 0 Å². The molecule has 2 aromatic rings. The second-order valence-electron chi connectivity index (χ2n) is 5.47. The van der Waals surface area contributed by atoms with Gasteiger partial charge in [0.1, 0.15) is 12.7 Å². The fourth-order valence-corrected chi connectivity index (χ4v) is 2.61. The van der Waals surface area contributed by atoms with Crippen molar-refractivity contribution >= 4 is 5.82 Å². The van der Waals surface area contributed by atoms with Gasteiger partial charge in [-0.05, 0) is 26.7 Å². The Morgan fingerprint density at radius 1 is 1.29 bits per heavy atom. The predicted octanol–water partition coefficient (Wildman–Crippen LogP) is 1.70. The van der Waals surface area contributed by atoms with Crippen molar-refractivity contribution in [2.45, 2.75) is 38.8 Å². The number of ether oxygens (including phenoxy) is 1. The molecule has 3 rings (SSSR count). The second kappa shape index (κ2) is 6.07. The highest BCUT2D eigenvalue weighted by Gasteiger charge is 2.25. The fraction of sp³-hybridized carbons (Fsp3) is 0.571. The van der Waals surface area contributed by atoms with Crippen molar-refractivity contribution in [2.75, 3.05) is 18.0 Å². The molecule has 0 aliphatic carbocycles. The Hall–Kier alpha value is -2.18. The summed E-state index contributed by atoms with van der Waals surface area (Å²) >= 11 is 0. The van der Waals surface area contributed by atoms with Crippen molar-refractivity contribution in [3.63, 3.8) is 0 Å². The van der Waals surface area contributed by atoms with Gasteiger partial charge in [-0.2, -0.15) is 5.10 Å². The zero-order valence-electron chi connectivity index (χ0n) is 12.4. The van der Waals surface area contributed by atoms with Crippen LogP contribution in [0.2, 0.25) is 0 Å². The van der Waals surface area contributed by atoms with Gasteiger partial charge in [0.15, 0.2) is 5.82 Å². The molecule has 1 aliphatic rings. The first-order chi connectivity index (χ1) is 10.2. The van der Waals surface area contributed by atoms with Crippen molar-refractivity contribution in [1.29, 1.82) is 0 Å². The quantitative estimate of drug-likeness (QED) is 0.853. The highest BCUT2D eigenvalue weighted by molar-refractivity contribution is 5.48. The summed E-state index contributed by atoms with van der Waals surface area (Å²) in [6.45, 7) is 5.79. The number of rotatable bonds is 4. The first-order valence-electron chi connectivity index (χ1n) is 7.31. The summed E-state index contributed by atoms with van der Waals surface area (Å²) in [5.41, 5.74) is 0. The van der Waals surface area contributed by atoms with Crippen LogP contribution in [0.25, 0.3) is 0 Å². The Bertz CT molecular complexity index is 571. The van der Waals surface area contributed by atoms with Gasteiger partial charge in [0.05, 0.1) is 12.1 Å². The molecule has 0 radical (unpaired) electrons. The highest BCUT2D eigenvalue weighted by atomic mass is 16.5. The number of hydrogen-bond donors (Lipinski definition) is 0. The predicted molar refractivity (Wildman–Crippen MR) is 78.3 cm³/mol. The molecule has 1 unspecified atom stereocenters. The maximum Gasteiger partial charge on any atom is 0.257 e. The van der Waals surface area contributed by atoms with Gasteiger partial charge >= 0.3 is 0 Å². The van der Waals surface area contributed by atoms with Crippen LogP contribution in [0.1, 0.15) is 32.7 Å². The molecule has 0 aromatic carbocycles. The molecule has 1 aliphatic heterocycles. The summed E-state index contributed by atoms with van der Waals surface area (Å²) in [5.74, 6) is 1.42. The van der Waals surface area contributed by atoms with E-state index >= 15 is 0 Å². The van der Waals surface area contributed by atoms with E-state index in [1.807, 2.05) is 18.5 Å². The number of hydrogen-bond acceptors (Lipinski definition) is 6. The standard InChI is InChI=1S/C14H20N6O/c1-11(2)21-14-13(16-5-6-17-14)19-7-3-4-12(8-19)20-10-15-9-18-20/h5-6,9-12H,3-4,7-8H2,1-2H3. The van der Waals surface area contributed by atoms with E-state index in [9.17, 15) is 0 Å². The van der Waals surface area contributed by atoms with Gasteiger partial charge in [0.2, 0.25) is 0 Å². The van der Waals surface area contributed by atoms with E-state index < -0.39 is 0 Å². The lowest BCUT2D eigenvalue weighted by atomic mass is 10.1. The van der Waals surface area contributed by atoms with Gasteiger partial charge in [-0.3, -0.25) is 0 Å². The van der Waals surface area contributed by atoms with E-state index in [0.29, 0.717) is 11.9 Å². The summed E-state index contributed by atoms with van der Waals surface area (Å²) in [7, 11) is 0. The van der Waals surface area contributed by atoms with Crippen molar-refractivity contribution in [2.24, 2.45) is 0 Å². The van der Waals surface area contributed by atoms with Crippen molar-refractivity contribution in [3.8, 4) is 5.88 Å². The normalized spacial score (nSPS) is 19.0. The van der Waals surface area contributed by atoms with Crippen LogP contribution in [0.3, 0.4) is 0 Å². The van der Waals surface area contributed by atoms with Gasteiger partial charge in [0.25, 0.3) is 5.88 Å². The smallest absolute Gasteiger partial charge is 0.257 e. The zero-order chi connectivity index (χ0) is 14.7. The second-order valence-corrected chi connectivity index (χ2v) is 5.47. The van der Waals surface area contributed by atoms with E-state index in [-0.39, 0.29) is 6.10 Å². The number of nitrogens with zero attached hydrogens (tertiary/aromatic N) is 6. The summed E-state index contributed by atoms with van der Waals surface area (Å²) in [6.07, 6.45) is 8.99. The van der Waals surface area contributed by atoms with Crippen LogP contribution in [0, 0.1) is 0 Å². The van der Waals surface area contributed by atoms with Gasteiger partial charge in [-0.15, -0.1) is 0 Å². The Labute approximate surface area is 124 Å². The molecule has 3 heterocycles. The minimum atomic E-state index is 0.0800. The lowest BCUT2D eigenvalue weighted by Gasteiger charge is -2.33. The third kappa shape index (κ3) is 3.12. The molecule has 7 nitrogen and oxygen atoms in total. The van der Waals surface area contributed by atoms with Crippen LogP contribution in [0.4, 0.5) is 5.82 Å². The summed E-state index contributed by atoms with van der Waals surface area (Å²) in [5, 5.41) is 4.25. The first kappa shape index (κ1) is 13.8. The lowest BCUT2D eigenvalue weighted by Crippen LogP contribution is -2.37. The minimum Gasteiger partial charge on any atom is -0.472 e. The van der Waals surface area contributed by atoms with Crippen LogP contribution in [0.5, 0.6) is 5.88 Å². The van der Waals surface area contributed by atoms with E-state index in [1.54, 1.807) is 25.0 Å². The maximum absolute atomic E-state index is 5.77. The molecule has 0 amide bonds. The minimum absolute atomic E-state index is 0.0800. The Morgan fingerprint density at radius 2 is 2.14 bits per heavy atom. The maximum atomic E-state index is 5.77. The van der Waals surface area contributed by atoms with Gasteiger partial charge < -0.3 is 9.64 Å². The molecule has 21 heavy (non-hydrogen) atoms. The Kier molecular flexibility index (Phi) is 3.98.